The zero-order chi connectivity index (χ0) is 16.7. The first-order chi connectivity index (χ1) is 11.6. The van der Waals surface area contributed by atoms with Crippen LogP contribution in [0.15, 0.2) is 53.4 Å². The highest BCUT2D eigenvalue weighted by Gasteiger charge is 2.16. The first-order valence-electron chi connectivity index (χ1n) is 7.96. The second-order valence-corrected chi connectivity index (χ2v) is 5.99. The Bertz CT molecular complexity index is 981. The highest BCUT2D eigenvalue weighted by atomic mass is 16.5. The predicted molar refractivity (Wildman–Crippen MR) is 92.8 cm³/mol. The normalized spacial score (nSPS) is 12.6. The van der Waals surface area contributed by atoms with Crippen LogP contribution in [0.4, 0.5) is 0 Å². The zero-order valence-corrected chi connectivity index (χ0v) is 13.9. The van der Waals surface area contributed by atoms with Gasteiger partial charge in [-0.1, -0.05) is 11.2 Å². The van der Waals surface area contributed by atoms with E-state index in [4.69, 9.17) is 9.51 Å². The van der Waals surface area contributed by atoms with E-state index in [-0.39, 0.29) is 6.04 Å². The Labute approximate surface area is 140 Å². The van der Waals surface area contributed by atoms with Crippen molar-refractivity contribution in [3.8, 4) is 11.1 Å². The molecule has 0 radical (unpaired) electrons. The number of aromatic nitrogens is 4. The van der Waals surface area contributed by atoms with Gasteiger partial charge in [-0.2, -0.15) is 0 Å². The van der Waals surface area contributed by atoms with Crippen LogP contribution in [0.2, 0.25) is 0 Å². The summed E-state index contributed by atoms with van der Waals surface area (Å²) in [5, 5.41) is 5.12. The molecule has 120 valence electrons. The summed E-state index contributed by atoms with van der Waals surface area (Å²) in [6, 6.07) is 10.3. The number of hydrogen-bond donors (Lipinski definition) is 0. The van der Waals surface area contributed by atoms with Crippen LogP contribution in [0, 0.1) is 13.8 Å². The van der Waals surface area contributed by atoms with Crippen molar-refractivity contribution in [1.82, 2.24) is 19.7 Å². The lowest BCUT2D eigenvalue weighted by Gasteiger charge is -2.14. The molecule has 4 heterocycles. The van der Waals surface area contributed by atoms with Gasteiger partial charge in [0, 0.05) is 35.1 Å². The lowest BCUT2D eigenvalue weighted by molar-refractivity contribution is 0.393. The number of hydrogen-bond acceptors (Lipinski definition) is 4. The van der Waals surface area contributed by atoms with Gasteiger partial charge in [-0.3, -0.25) is 4.98 Å². The molecule has 0 aromatic carbocycles. The molecule has 0 amide bonds. The van der Waals surface area contributed by atoms with E-state index in [1.807, 2.05) is 44.4 Å². The van der Waals surface area contributed by atoms with Gasteiger partial charge in [0.1, 0.15) is 11.4 Å². The minimum absolute atomic E-state index is 0.126. The van der Waals surface area contributed by atoms with E-state index in [0.29, 0.717) is 0 Å². The molecular formula is C19H18N4O. The van der Waals surface area contributed by atoms with Crippen molar-refractivity contribution in [2.24, 2.45) is 0 Å². The van der Waals surface area contributed by atoms with E-state index < -0.39 is 0 Å². The summed E-state index contributed by atoms with van der Waals surface area (Å²) in [7, 11) is 0. The second-order valence-electron chi connectivity index (χ2n) is 5.99. The van der Waals surface area contributed by atoms with Gasteiger partial charge in [0.25, 0.3) is 0 Å². The third-order valence-electron chi connectivity index (χ3n) is 4.41. The summed E-state index contributed by atoms with van der Waals surface area (Å²) in [6.07, 6.45) is 5.77. The Morgan fingerprint density at radius 1 is 1.12 bits per heavy atom. The highest BCUT2D eigenvalue weighted by Crippen LogP contribution is 2.30. The number of rotatable bonds is 3. The minimum atomic E-state index is 0.126. The standard InChI is InChI=1S/C19H18N4O/c1-12-18(14(3)24-22-12)16-10-15-7-9-23(19(15)21-11-16)13(2)17-6-4-5-8-20-17/h4-11,13H,1-3H3/t13-/m0/s1. The molecule has 0 aliphatic heterocycles. The van der Waals surface area contributed by atoms with Crippen molar-refractivity contribution in [3.63, 3.8) is 0 Å². The first kappa shape index (κ1) is 14.6. The predicted octanol–water partition coefficient (Wildman–Crippen LogP) is 4.31. The maximum atomic E-state index is 5.27. The summed E-state index contributed by atoms with van der Waals surface area (Å²) in [4.78, 5) is 9.15. The van der Waals surface area contributed by atoms with Gasteiger partial charge in [-0.15, -0.1) is 0 Å². The molecule has 0 saturated heterocycles. The van der Waals surface area contributed by atoms with Crippen LogP contribution < -0.4 is 0 Å². The molecular weight excluding hydrogens is 300 g/mol. The van der Waals surface area contributed by atoms with E-state index in [1.165, 1.54) is 0 Å². The first-order valence-corrected chi connectivity index (χ1v) is 7.96. The molecule has 4 aromatic heterocycles. The molecule has 0 spiro atoms. The number of pyridine rings is 2. The molecule has 24 heavy (non-hydrogen) atoms. The zero-order valence-electron chi connectivity index (χ0n) is 13.9. The summed E-state index contributed by atoms with van der Waals surface area (Å²) < 4.78 is 7.42. The molecule has 1 atom stereocenters. The van der Waals surface area contributed by atoms with Crippen LogP contribution in [-0.2, 0) is 0 Å². The van der Waals surface area contributed by atoms with Crippen LogP contribution >= 0.6 is 0 Å². The Balaban J connectivity index is 1.79. The molecule has 0 bridgehead atoms. The highest BCUT2D eigenvalue weighted by molar-refractivity contribution is 5.83. The van der Waals surface area contributed by atoms with Crippen molar-refractivity contribution in [2.45, 2.75) is 26.8 Å². The van der Waals surface area contributed by atoms with Gasteiger partial charge < -0.3 is 9.09 Å². The Morgan fingerprint density at radius 2 is 2.00 bits per heavy atom. The summed E-state index contributed by atoms with van der Waals surface area (Å²) in [6.45, 7) is 6.00. The average Bonchev–Trinajstić information content (AvgIpc) is 3.17. The quantitative estimate of drug-likeness (QED) is 0.565. The maximum absolute atomic E-state index is 5.27. The summed E-state index contributed by atoms with van der Waals surface area (Å²) >= 11 is 0. The van der Waals surface area contributed by atoms with Crippen LogP contribution in [-0.4, -0.2) is 19.7 Å². The molecule has 0 aliphatic carbocycles. The SMILES string of the molecule is Cc1noc(C)c1-c1cnc2c(ccn2[C@@H](C)c2ccccn2)c1. The minimum Gasteiger partial charge on any atom is -0.361 e. The number of nitrogens with zero attached hydrogens (tertiary/aromatic N) is 4. The smallest absolute Gasteiger partial charge is 0.141 e. The van der Waals surface area contributed by atoms with E-state index in [1.54, 1.807) is 0 Å². The number of fused-ring (bicyclic) bond motifs is 1. The van der Waals surface area contributed by atoms with E-state index in [2.05, 4.69) is 40.0 Å². The van der Waals surface area contributed by atoms with Crippen molar-refractivity contribution >= 4 is 11.0 Å². The van der Waals surface area contributed by atoms with Gasteiger partial charge in [-0.05, 0) is 45.0 Å². The Morgan fingerprint density at radius 3 is 2.71 bits per heavy atom. The van der Waals surface area contributed by atoms with Gasteiger partial charge in [0.2, 0.25) is 0 Å². The molecule has 4 rings (SSSR count). The van der Waals surface area contributed by atoms with E-state index >= 15 is 0 Å². The van der Waals surface area contributed by atoms with Crippen LogP contribution in [0.25, 0.3) is 22.2 Å². The topological polar surface area (TPSA) is 56.7 Å². The summed E-state index contributed by atoms with van der Waals surface area (Å²) in [5.41, 5.74) is 4.90. The average molecular weight is 318 g/mol. The molecule has 0 N–H and O–H groups in total. The third kappa shape index (κ3) is 2.29. The second kappa shape index (κ2) is 5.60. The number of aryl methyl sites for hydroxylation is 2. The molecule has 0 aliphatic rings. The lowest BCUT2D eigenvalue weighted by atomic mass is 10.1. The van der Waals surface area contributed by atoms with Crippen LogP contribution in [0.5, 0.6) is 0 Å². The molecule has 5 heteroatoms. The molecule has 4 aromatic rings. The van der Waals surface area contributed by atoms with Crippen molar-refractivity contribution in [2.75, 3.05) is 0 Å². The van der Waals surface area contributed by atoms with Crippen LogP contribution in [0.3, 0.4) is 0 Å². The van der Waals surface area contributed by atoms with Crippen molar-refractivity contribution in [3.05, 3.63) is 66.1 Å². The molecule has 5 nitrogen and oxygen atoms in total. The monoisotopic (exact) mass is 318 g/mol. The Hall–Kier alpha value is -2.95. The van der Waals surface area contributed by atoms with E-state index in [0.717, 1.165) is 39.3 Å². The fraction of sp³-hybridized carbons (Fsp3) is 0.211. The largest absolute Gasteiger partial charge is 0.361 e. The van der Waals surface area contributed by atoms with Crippen molar-refractivity contribution < 1.29 is 4.52 Å². The van der Waals surface area contributed by atoms with Crippen LogP contribution in [0.1, 0.15) is 30.1 Å². The maximum Gasteiger partial charge on any atom is 0.141 e. The molecule has 0 saturated carbocycles. The third-order valence-corrected chi connectivity index (χ3v) is 4.41. The molecule has 0 unspecified atom stereocenters. The van der Waals surface area contributed by atoms with Gasteiger partial charge >= 0.3 is 0 Å². The molecule has 0 fully saturated rings. The van der Waals surface area contributed by atoms with Gasteiger partial charge in [0.05, 0.1) is 17.4 Å². The fourth-order valence-electron chi connectivity index (χ4n) is 3.15. The Kier molecular flexibility index (Phi) is 3.41. The fourth-order valence-corrected chi connectivity index (χ4v) is 3.15. The van der Waals surface area contributed by atoms with Gasteiger partial charge in [0.15, 0.2) is 0 Å². The lowest BCUT2D eigenvalue weighted by Crippen LogP contribution is -2.07. The summed E-state index contributed by atoms with van der Waals surface area (Å²) in [5.74, 6) is 0.815. The van der Waals surface area contributed by atoms with E-state index in [9.17, 15) is 0 Å². The van der Waals surface area contributed by atoms with Gasteiger partial charge in [-0.25, -0.2) is 4.98 Å². The van der Waals surface area contributed by atoms with Crippen molar-refractivity contribution in [1.29, 1.82) is 0 Å².